The summed E-state index contributed by atoms with van der Waals surface area (Å²) < 4.78 is 5.31. The highest BCUT2D eigenvalue weighted by Gasteiger charge is 2.02. The van der Waals surface area contributed by atoms with Gasteiger partial charge in [0, 0.05) is 11.8 Å². The van der Waals surface area contributed by atoms with Crippen molar-refractivity contribution in [3.05, 3.63) is 59.4 Å². The maximum absolute atomic E-state index is 5.31. The summed E-state index contributed by atoms with van der Waals surface area (Å²) in [6.45, 7) is 4.61. The fourth-order valence-electron chi connectivity index (χ4n) is 1.80. The molecule has 0 spiro atoms. The van der Waals surface area contributed by atoms with Crippen molar-refractivity contribution >= 4 is 5.71 Å². The standard InChI is InChI=1S/C16H18N2O/c1-12-8-9-15(18-10-12)13(2)17-11-14-6-4-5-7-16(14)19-3/h4-10H,11H2,1-3H3. The van der Waals surface area contributed by atoms with E-state index in [-0.39, 0.29) is 0 Å². The molecule has 19 heavy (non-hydrogen) atoms. The van der Waals surface area contributed by atoms with Gasteiger partial charge < -0.3 is 4.74 Å². The highest BCUT2D eigenvalue weighted by Crippen LogP contribution is 2.18. The summed E-state index contributed by atoms with van der Waals surface area (Å²) in [4.78, 5) is 8.95. The van der Waals surface area contributed by atoms with Crippen LogP contribution in [0.4, 0.5) is 0 Å². The van der Waals surface area contributed by atoms with E-state index >= 15 is 0 Å². The number of aryl methyl sites for hydroxylation is 1. The molecule has 1 aromatic heterocycles. The molecule has 0 saturated carbocycles. The summed E-state index contributed by atoms with van der Waals surface area (Å²) in [5.41, 5.74) is 4.09. The van der Waals surface area contributed by atoms with Crippen LogP contribution in [0.5, 0.6) is 5.75 Å². The molecule has 0 aliphatic heterocycles. The Hall–Kier alpha value is -2.16. The number of hydrogen-bond acceptors (Lipinski definition) is 3. The van der Waals surface area contributed by atoms with Crippen molar-refractivity contribution in [2.45, 2.75) is 20.4 Å². The highest BCUT2D eigenvalue weighted by atomic mass is 16.5. The van der Waals surface area contributed by atoms with Crippen molar-refractivity contribution in [1.82, 2.24) is 4.98 Å². The minimum absolute atomic E-state index is 0.603. The second-order valence-electron chi connectivity index (χ2n) is 4.43. The third-order valence-corrected chi connectivity index (χ3v) is 2.96. The van der Waals surface area contributed by atoms with Crippen LogP contribution in [0, 0.1) is 6.92 Å². The van der Waals surface area contributed by atoms with E-state index in [0.717, 1.165) is 28.3 Å². The quantitative estimate of drug-likeness (QED) is 0.784. The van der Waals surface area contributed by atoms with E-state index in [1.54, 1.807) is 7.11 Å². The Kier molecular flexibility index (Phi) is 4.29. The lowest BCUT2D eigenvalue weighted by atomic mass is 10.2. The lowest BCUT2D eigenvalue weighted by Gasteiger charge is -2.06. The molecule has 0 N–H and O–H groups in total. The number of rotatable bonds is 4. The Morgan fingerprint density at radius 3 is 2.68 bits per heavy atom. The molecule has 0 radical (unpaired) electrons. The van der Waals surface area contributed by atoms with Gasteiger partial charge >= 0.3 is 0 Å². The summed E-state index contributed by atoms with van der Waals surface area (Å²) in [5, 5.41) is 0. The van der Waals surface area contributed by atoms with E-state index in [2.05, 4.69) is 9.98 Å². The molecule has 98 valence electrons. The number of pyridine rings is 1. The monoisotopic (exact) mass is 254 g/mol. The molecule has 3 nitrogen and oxygen atoms in total. The predicted octanol–water partition coefficient (Wildman–Crippen LogP) is 3.41. The molecule has 3 heteroatoms. The predicted molar refractivity (Wildman–Crippen MR) is 77.9 cm³/mol. The molecule has 0 unspecified atom stereocenters. The first-order valence-corrected chi connectivity index (χ1v) is 6.26. The Morgan fingerprint density at radius 1 is 1.21 bits per heavy atom. The van der Waals surface area contributed by atoms with E-state index < -0.39 is 0 Å². The van der Waals surface area contributed by atoms with Gasteiger partial charge in [-0.1, -0.05) is 24.3 Å². The van der Waals surface area contributed by atoms with Gasteiger partial charge in [0.05, 0.1) is 25.1 Å². The largest absolute Gasteiger partial charge is 0.496 e. The molecule has 0 atom stereocenters. The molecule has 0 saturated heterocycles. The molecule has 0 aliphatic rings. The first kappa shape index (κ1) is 13.3. The maximum Gasteiger partial charge on any atom is 0.123 e. The number of para-hydroxylation sites is 1. The van der Waals surface area contributed by atoms with Gasteiger partial charge in [0.15, 0.2) is 0 Å². The molecule has 0 amide bonds. The van der Waals surface area contributed by atoms with Gasteiger partial charge in [0.2, 0.25) is 0 Å². The summed E-state index contributed by atoms with van der Waals surface area (Å²) in [6, 6.07) is 12.0. The molecule has 1 heterocycles. The van der Waals surface area contributed by atoms with Crippen LogP contribution in [0.3, 0.4) is 0 Å². The molecule has 0 bridgehead atoms. The molecule has 2 rings (SSSR count). The fourth-order valence-corrected chi connectivity index (χ4v) is 1.80. The van der Waals surface area contributed by atoms with Crippen LogP contribution in [-0.4, -0.2) is 17.8 Å². The van der Waals surface area contributed by atoms with Gasteiger partial charge in [0.25, 0.3) is 0 Å². The minimum atomic E-state index is 0.603. The number of benzene rings is 1. The van der Waals surface area contributed by atoms with Crippen molar-refractivity contribution in [2.24, 2.45) is 4.99 Å². The summed E-state index contributed by atoms with van der Waals surface area (Å²) in [6.07, 6.45) is 1.86. The normalized spacial score (nSPS) is 11.4. The van der Waals surface area contributed by atoms with Crippen LogP contribution < -0.4 is 4.74 Å². The Bertz CT molecular complexity index is 574. The Balaban J connectivity index is 2.15. The smallest absolute Gasteiger partial charge is 0.123 e. The summed E-state index contributed by atoms with van der Waals surface area (Å²) in [7, 11) is 1.68. The average Bonchev–Trinajstić information content (AvgIpc) is 2.45. The topological polar surface area (TPSA) is 34.5 Å². The average molecular weight is 254 g/mol. The summed E-state index contributed by atoms with van der Waals surface area (Å²) >= 11 is 0. The second kappa shape index (κ2) is 6.14. The van der Waals surface area contributed by atoms with Gasteiger partial charge in [-0.3, -0.25) is 9.98 Å². The molecule has 2 aromatic rings. The number of ether oxygens (including phenoxy) is 1. The Morgan fingerprint density at radius 2 is 2.00 bits per heavy atom. The highest BCUT2D eigenvalue weighted by molar-refractivity contribution is 5.96. The van der Waals surface area contributed by atoms with Gasteiger partial charge in [0.1, 0.15) is 5.75 Å². The van der Waals surface area contributed by atoms with E-state index in [1.807, 2.05) is 56.4 Å². The minimum Gasteiger partial charge on any atom is -0.496 e. The lowest BCUT2D eigenvalue weighted by Crippen LogP contribution is -2.00. The number of aliphatic imine (C=N–C) groups is 1. The van der Waals surface area contributed by atoms with Crippen LogP contribution >= 0.6 is 0 Å². The zero-order valence-electron chi connectivity index (χ0n) is 11.6. The number of hydrogen-bond donors (Lipinski definition) is 0. The fraction of sp³-hybridized carbons (Fsp3) is 0.250. The van der Waals surface area contributed by atoms with Crippen molar-refractivity contribution in [3.8, 4) is 5.75 Å². The molecular formula is C16H18N2O. The molecule has 0 fully saturated rings. The SMILES string of the molecule is COc1ccccc1CN=C(C)c1ccc(C)cn1. The second-order valence-corrected chi connectivity index (χ2v) is 4.43. The zero-order valence-corrected chi connectivity index (χ0v) is 11.6. The summed E-state index contributed by atoms with van der Waals surface area (Å²) in [5.74, 6) is 0.871. The molecular weight excluding hydrogens is 236 g/mol. The molecule has 1 aromatic carbocycles. The lowest BCUT2D eigenvalue weighted by molar-refractivity contribution is 0.410. The van der Waals surface area contributed by atoms with Crippen LogP contribution in [0.1, 0.15) is 23.7 Å². The van der Waals surface area contributed by atoms with Crippen LogP contribution in [0.2, 0.25) is 0 Å². The molecule has 0 aliphatic carbocycles. The Labute approximate surface area is 114 Å². The van der Waals surface area contributed by atoms with Crippen molar-refractivity contribution in [2.75, 3.05) is 7.11 Å². The number of aromatic nitrogens is 1. The maximum atomic E-state index is 5.31. The third-order valence-electron chi connectivity index (χ3n) is 2.96. The van der Waals surface area contributed by atoms with Crippen LogP contribution in [0.15, 0.2) is 47.6 Å². The van der Waals surface area contributed by atoms with Gasteiger partial charge in [-0.2, -0.15) is 0 Å². The van der Waals surface area contributed by atoms with Gasteiger partial charge in [-0.05, 0) is 31.5 Å². The van der Waals surface area contributed by atoms with Crippen LogP contribution in [-0.2, 0) is 6.54 Å². The van der Waals surface area contributed by atoms with E-state index in [0.29, 0.717) is 6.54 Å². The first-order valence-electron chi connectivity index (χ1n) is 6.26. The van der Waals surface area contributed by atoms with Gasteiger partial charge in [-0.25, -0.2) is 0 Å². The third kappa shape index (κ3) is 3.41. The van der Waals surface area contributed by atoms with E-state index in [4.69, 9.17) is 4.74 Å². The van der Waals surface area contributed by atoms with Crippen molar-refractivity contribution in [3.63, 3.8) is 0 Å². The number of nitrogens with zero attached hydrogens (tertiary/aromatic N) is 2. The first-order chi connectivity index (χ1) is 9.20. The van der Waals surface area contributed by atoms with E-state index in [9.17, 15) is 0 Å². The van der Waals surface area contributed by atoms with Gasteiger partial charge in [-0.15, -0.1) is 0 Å². The van der Waals surface area contributed by atoms with Crippen molar-refractivity contribution < 1.29 is 4.74 Å². The van der Waals surface area contributed by atoms with Crippen LogP contribution in [0.25, 0.3) is 0 Å². The number of methoxy groups -OCH3 is 1. The van der Waals surface area contributed by atoms with Crippen molar-refractivity contribution in [1.29, 1.82) is 0 Å². The van der Waals surface area contributed by atoms with E-state index in [1.165, 1.54) is 0 Å². The zero-order chi connectivity index (χ0) is 13.7.